The quantitative estimate of drug-likeness (QED) is 0.474. The highest BCUT2D eigenvalue weighted by Crippen LogP contribution is 2.40. The minimum absolute atomic E-state index is 0.103. The number of esters is 1. The fourth-order valence-electron chi connectivity index (χ4n) is 5.18. The molecule has 25 heavy (non-hydrogen) atoms. The van der Waals surface area contributed by atoms with Gasteiger partial charge in [0.1, 0.15) is 6.10 Å². The summed E-state index contributed by atoms with van der Waals surface area (Å²) in [6.07, 6.45) is 16.2. The molecular weight excluding hydrogens is 312 g/mol. The maximum atomic E-state index is 12.4. The average molecular weight is 349 g/mol. The molecule has 3 heteroatoms. The second-order valence-electron chi connectivity index (χ2n) is 8.50. The van der Waals surface area contributed by atoms with Crippen molar-refractivity contribution in [1.82, 2.24) is 0 Å². The number of hydrogen-bond donors (Lipinski definition) is 0. The molecule has 1 aliphatic heterocycles. The van der Waals surface area contributed by atoms with Crippen LogP contribution in [-0.4, -0.2) is 24.3 Å². The molecule has 3 rings (SSSR count). The number of carbonyl (C=O) groups is 1. The third-order valence-corrected chi connectivity index (χ3v) is 6.80. The Balaban J connectivity index is 1.36. The van der Waals surface area contributed by atoms with E-state index in [1.165, 1.54) is 38.5 Å². The highest BCUT2D eigenvalue weighted by atomic mass is 16.6. The highest BCUT2D eigenvalue weighted by Gasteiger charge is 2.35. The van der Waals surface area contributed by atoms with E-state index in [0.29, 0.717) is 0 Å². The van der Waals surface area contributed by atoms with Gasteiger partial charge < -0.3 is 9.47 Å². The molecule has 0 aromatic heterocycles. The van der Waals surface area contributed by atoms with E-state index in [0.717, 1.165) is 56.3 Å². The molecule has 0 N–H and O–H groups in total. The van der Waals surface area contributed by atoms with Gasteiger partial charge in [0.2, 0.25) is 0 Å². The van der Waals surface area contributed by atoms with E-state index in [-0.39, 0.29) is 24.3 Å². The van der Waals surface area contributed by atoms with Gasteiger partial charge in [0, 0.05) is 0 Å². The van der Waals surface area contributed by atoms with Crippen molar-refractivity contribution in [2.75, 3.05) is 0 Å². The molecule has 0 radical (unpaired) electrons. The van der Waals surface area contributed by atoms with E-state index in [2.05, 4.69) is 19.6 Å². The first-order valence-corrected chi connectivity index (χ1v) is 10.7. The van der Waals surface area contributed by atoms with Crippen LogP contribution in [0, 0.1) is 17.8 Å². The van der Waals surface area contributed by atoms with Crippen LogP contribution in [0.3, 0.4) is 0 Å². The molecule has 2 aliphatic carbocycles. The molecule has 1 heterocycles. The van der Waals surface area contributed by atoms with Gasteiger partial charge in [-0.1, -0.05) is 19.4 Å². The van der Waals surface area contributed by atoms with E-state index in [1.54, 1.807) is 0 Å². The van der Waals surface area contributed by atoms with Crippen molar-refractivity contribution in [1.29, 1.82) is 0 Å². The number of ether oxygens (including phenoxy) is 2. The van der Waals surface area contributed by atoms with Gasteiger partial charge >= 0.3 is 5.97 Å². The first-order chi connectivity index (χ1) is 12.2. The Bertz CT molecular complexity index is 431. The average Bonchev–Trinajstić information content (AvgIpc) is 3.12. The number of carbonyl (C=O) groups excluding carboxylic acids is 1. The Morgan fingerprint density at radius 2 is 1.64 bits per heavy atom. The van der Waals surface area contributed by atoms with Gasteiger partial charge in [-0.05, 0) is 88.4 Å². The van der Waals surface area contributed by atoms with Crippen LogP contribution in [0.1, 0.15) is 84.0 Å². The summed E-state index contributed by atoms with van der Waals surface area (Å²) in [5.41, 5.74) is 0. The molecule has 3 nitrogen and oxygen atoms in total. The Morgan fingerprint density at radius 3 is 2.24 bits per heavy atom. The monoisotopic (exact) mass is 348 g/mol. The maximum Gasteiger partial charge on any atom is 0.335 e. The van der Waals surface area contributed by atoms with Crippen LogP contribution in [0.4, 0.5) is 0 Å². The van der Waals surface area contributed by atoms with E-state index in [1.807, 2.05) is 0 Å². The lowest BCUT2D eigenvalue weighted by Crippen LogP contribution is -2.33. The lowest BCUT2D eigenvalue weighted by atomic mass is 9.70. The van der Waals surface area contributed by atoms with E-state index in [9.17, 15) is 4.79 Å². The molecule has 3 fully saturated rings. The normalized spacial score (nSPS) is 39.1. The predicted octanol–water partition coefficient (Wildman–Crippen LogP) is 5.43. The van der Waals surface area contributed by atoms with Gasteiger partial charge in [0.15, 0.2) is 6.10 Å². The van der Waals surface area contributed by atoms with Crippen LogP contribution in [-0.2, 0) is 14.3 Å². The van der Waals surface area contributed by atoms with Crippen molar-refractivity contribution < 1.29 is 14.3 Å². The zero-order valence-corrected chi connectivity index (χ0v) is 16.0. The zero-order chi connectivity index (χ0) is 17.6. The summed E-state index contributed by atoms with van der Waals surface area (Å²) in [6.45, 7) is 6.11. The molecule has 3 aliphatic rings. The minimum atomic E-state index is -0.302. The molecule has 0 aromatic carbocycles. The molecular formula is C22H36O3. The van der Waals surface area contributed by atoms with Crippen molar-refractivity contribution in [3.05, 3.63) is 12.7 Å². The van der Waals surface area contributed by atoms with Crippen LogP contribution in [0.25, 0.3) is 0 Å². The molecule has 2 atom stereocenters. The third-order valence-electron chi connectivity index (χ3n) is 6.80. The Hall–Kier alpha value is -0.830. The molecule has 0 spiro atoms. The topological polar surface area (TPSA) is 35.5 Å². The summed E-state index contributed by atoms with van der Waals surface area (Å²) in [5, 5.41) is 0. The molecule has 1 saturated heterocycles. The van der Waals surface area contributed by atoms with Gasteiger partial charge in [0.25, 0.3) is 0 Å². The summed E-state index contributed by atoms with van der Waals surface area (Å²) in [7, 11) is 0. The molecule has 0 amide bonds. The SMILES string of the molecule is C=CC1CCC(C2CCC(OC(=O)C3CCC(CCC)O3)CC2)CC1. The maximum absolute atomic E-state index is 12.4. The summed E-state index contributed by atoms with van der Waals surface area (Å²) < 4.78 is 11.7. The standard InChI is InChI=1S/C22H36O3/c1-3-5-19-14-15-21(24-19)22(23)25-20-12-10-18(11-13-20)17-8-6-16(4-2)7-9-17/h4,16-21H,2-3,5-15H2,1H3. The largest absolute Gasteiger partial charge is 0.460 e. The summed E-state index contributed by atoms with van der Waals surface area (Å²) >= 11 is 0. The van der Waals surface area contributed by atoms with Gasteiger partial charge in [-0.2, -0.15) is 0 Å². The number of rotatable bonds is 6. The fraction of sp³-hybridized carbons (Fsp3) is 0.864. The molecule has 0 bridgehead atoms. The second-order valence-corrected chi connectivity index (χ2v) is 8.50. The first-order valence-electron chi connectivity index (χ1n) is 10.7. The Labute approximate surface area is 153 Å². The molecule has 0 aromatic rings. The number of hydrogen-bond acceptors (Lipinski definition) is 3. The van der Waals surface area contributed by atoms with Crippen LogP contribution in [0.15, 0.2) is 12.7 Å². The van der Waals surface area contributed by atoms with Crippen LogP contribution >= 0.6 is 0 Å². The Morgan fingerprint density at radius 1 is 1.00 bits per heavy atom. The molecule has 142 valence electrons. The lowest BCUT2D eigenvalue weighted by molar-refractivity contribution is -0.164. The van der Waals surface area contributed by atoms with Gasteiger partial charge in [0.05, 0.1) is 6.10 Å². The van der Waals surface area contributed by atoms with Gasteiger partial charge in [-0.15, -0.1) is 6.58 Å². The summed E-state index contributed by atoms with van der Waals surface area (Å²) in [4.78, 5) is 12.4. The van der Waals surface area contributed by atoms with Crippen LogP contribution in [0.5, 0.6) is 0 Å². The fourth-order valence-corrected chi connectivity index (χ4v) is 5.18. The predicted molar refractivity (Wildman–Crippen MR) is 100 cm³/mol. The van der Waals surface area contributed by atoms with Crippen LogP contribution < -0.4 is 0 Å². The smallest absolute Gasteiger partial charge is 0.335 e. The molecule has 2 saturated carbocycles. The lowest BCUT2D eigenvalue weighted by Gasteiger charge is -2.37. The number of allylic oxidation sites excluding steroid dienone is 1. The minimum Gasteiger partial charge on any atom is -0.460 e. The summed E-state index contributed by atoms with van der Waals surface area (Å²) in [5.74, 6) is 2.38. The van der Waals surface area contributed by atoms with Gasteiger partial charge in [-0.25, -0.2) is 4.79 Å². The van der Waals surface area contributed by atoms with Crippen molar-refractivity contribution in [2.24, 2.45) is 17.8 Å². The van der Waals surface area contributed by atoms with E-state index < -0.39 is 0 Å². The van der Waals surface area contributed by atoms with Crippen LogP contribution in [0.2, 0.25) is 0 Å². The Kier molecular flexibility index (Phi) is 6.98. The molecule has 2 unspecified atom stereocenters. The second kappa shape index (κ2) is 9.21. The van der Waals surface area contributed by atoms with Crippen molar-refractivity contribution >= 4 is 5.97 Å². The third kappa shape index (κ3) is 5.09. The van der Waals surface area contributed by atoms with Gasteiger partial charge in [-0.3, -0.25) is 0 Å². The van der Waals surface area contributed by atoms with E-state index in [4.69, 9.17) is 9.47 Å². The zero-order valence-electron chi connectivity index (χ0n) is 16.0. The van der Waals surface area contributed by atoms with Crippen molar-refractivity contribution in [2.45, 2.75) is 102 Å². The first kappa shape index (κ1) is 18.9. The van der Waals surface area contributed by atoms with Crippen molar-refractivity contribution in [3.63, 3.8) is 0 Å². The van der Waals surface area contributed by atoms with Crippen molar-refractivity contribution in [3.8, 4) is 0 Å². The van der Waals surface area contributed by atoms with E-state index >= 15 is 0 Å². The summed E-state index contributed by atoms with van der Waals surface area (Å²) in [6, 6.07) is 0. The highest BCUT2D eigenvalue weighted by molar-refractivity contribution is 5.75.